The summed E-state index contributed by atoms with van der Waals surface area (Å²) in [5, 5.41) is 0. The Balaban J connectivity index is 0.00000121. The lowest BCUT2D eigenvalue weighted by molar-refractivity contribution is 0.226. The molecule has 0 aromatic heterocycles. The summed E-state index contributed by atoms with van der Waals surface area (Å²) in [6.45, 7) is 3.99. The Morgan fingerprint density at radius 1 is 1.00 bits per heavy atom. The van der Waals surface area contributed by atoms with Gasteiger partial charge in [-0.1, -0.05) is 13.8 Å². The summed E-state index contributed by atoms with van der Waals surface area (Å²) in [4.78, 5) is 2.59. The predicted molar refractivity (Wildman–Crippen MR) is 60.1 cm³/mol. The van der Waals surface area contributed by atoms with Crippen LogP contribution in [0.5, 0.6) is 0 Å². The van der Waals surface area contributed by atoms with Gasteiger partial charge in [-0.3, -0.25) is 0 Å². The lowest BCUT2D eigenvalue weighted by Crippen LogP contribution is -2.30. The molecular weight excluding hydrogens is 166 g/mol. The summed E-state index contributed by atoms with van der Waals surface area (Å²) in [5.41, 5.74) is 0. The Kier molecular flexibility index (Phi) is 8.14. The van der Waals surface area contributed by atoms with E-state index in [1.165, 1.54) is 51.7 Å². The summed E-state index contributed by atoms with van der Waals surface area (Å²) >= 11 is 4.20. The lowest BCUT2D eigenvalue weighted by Gasteiger charge is -2.26. The normalized spacial score (nSPS) is 18.8. The Hall–Kier alpha value is 0.310. The molecule has 1 saturated heterocycles. The molecule has 1 heterocycles. The number of piperidine rings is 1. The molecule has 0 radical (unpaired) electrons. The van der Waals surface area contributed by atoms with Gasteiger partial charge < -0.3 is 4.90 Å². The largest absolute Gasteiger partial charge is 0.303 e. The molecule has 1 aliphatic rings. The van der Waals surface area contributed by atoms with E-state index in [4.69, 9.17) is 0 Å². The van der Waals surface area contributed by atoms with Crippen molar-refractivity contribution >= 4 is 12.6 Å². The number of unbranched alkanes of at least 4 members (excludes halogenated alkanes) is 1. The van der Waals surface area contributed by atoms with Crippen molar-refractivity contribution in [3.63, 3.8) is 0 Å². The monoisotopic (exact) mass is 189 g/mol. The van der Waals surface area contributed by atoms with Crippen LogP contribution in [0.2, 0.25) is 0 Å². The molecule has 0 N–H and O–H groups in total. The zero-order valence-electron chi connectivity index (χ0n) is 7.26. The van der Waals surface area contributed by atoms with Crippen molar-refractivity contribution in [1.82, 2.24) is 4.90 Å². The summed E-state index contributed by atoms with van der Waals surface area (Å²) in [6.07, 6.45) is 6.90. The van der Waals surface area contributed by atoms with E-state index in [0.717, 1.165) is 5.75 Å². The quantitative estimate of drug-likeness (QED) is 0.526. The van der Waals surface area contributed by atoms with Crippen molar-refractivity contribution < 1.29 is 0 Å². The number of nitrogens with zero attached hydrogens (tertiary/aromatic N) is 1. The molecule has 1 fully saturated rings. The second kappa shape index (κ2) is 7.93. The first-order valence-electron chi connectivity index (χ1n) is 4.76. The van der Waals surface area contributed by atoms with Crippen molar-refractivity contribution in [3.05, 3.63) is 0 Å². The molecular formula is C10H23NS. The van der Waals surface area contributed by atoms with E-state index in [-0.39, 0.29) is 7.43 Å². The van der Waals surface area contributed by atoms with E-state index in [1.54, 1.807) is 0 Å². The van der Waals surface area contributed by atoms with Gasteiger partial charge in [-0.25, -0.2) is 0 Å². The van der Waals surface area contributed by atoms with Crippen LogP contribution in [0.15, 0.2) is 0 Å². The molecule has 1 aliphatic heterocycles. The number of hydrogen-bond donors (Lipinski definition) is 1. The second-order valence-corrected chi connectivity index (χ2v) is 3.78. The smallest absolute Gasteiger partial charge is 0.00184 e. The molecule has 0 bridgehead atoms. The highest BCUT2D eigenvalue weighted by atomic mass is 32.1. The number of likely N-dealkylation sites (tertiary alicyclic amines) is 1. The number of thiol groups is 1. The first-order valence-corrected chi connectivity index (χ1v) is 5.40. The molecule has 0 spiro atoms. The van der Waals surface area contributed by atoms with Gasteiger partial charge in [0.15, 0.2) is 0 Å². The van der Waals surface area contributed by atoms with Crippen LogP contribution in [-0.4, -0.2) is 30.3 Å². The van der Waals surface area contributed by atoms with E-state index in [1.807, 2.05) is 0 Å². The summed E-state index contributed by atoms with van der Waals surface area (Å²) in [5.74, 6) is 1.05. The third-order valence-corrected chi connectivity index (χ3v) is 2.65. The molecule has 74 valence electrons. The van der Waals surface area contributed by atoms with Gasteiger partial charge in [0.2, 0.25) is 0 Å². The molecule has 12 heavy (non-hydrogen) atoms. The minimum absolute atomic E-state index is 0. The molecule has 0 amide bonds. The highest BCUT2D eigenvalue weighted by molar-refractivity contribution is 7.80. The third-order valence-electron chi connectivity index (χ3n) is 2.33. The molecule has 0 unspecified atom stereocenters. The maximum absolute atomic E-state index is 4.20. The molecule has 0 atom stereocenters. The summed E-state index contributed by atoms with van der Waals surface area (Å²) in [6, 6.07) is 0. The highest BCUT2D eigenvalue weighted by Crippen LogP contribution is 2.09. The molecule has 0 aliphatic carbocycles. The van der Waals surface area contributed by atoms with Gasteiger partial charge in [0.25, 0.3) is 0 Å². The number of hydrogen-bond acceptors (Lipinski definition) is 2. The zero-order valence-corrected chi connectivity index (χ0v) is 8.15. The minimum Gasteiger partial charge on any atom is -0.303 e. The van der Waals surface area contributed by atoms with Crippen molar-refractivity contribution in [2.75, 3.05) is 25.4 Å². The molecule has 0 aromatic carbocycles. The first-order chi connectivity index (χ1) is 5.43. The van der Waals surface area contributed by atoms with Gasteiger partial charge in [-0.2, -0.15) is 12.6 Å². The van der Waals surface area contributed by atoms with Crippen LogP contribution in [0, 0.1) is 0 Å². The average Bonchev–Trinajstić information content (AvgIpc) is 2.07. The maximum Gasteiger partial charge on any atom is -0.00184 e. The minimum atomic E-state index is 0. The Bertz CT molecular complexity index is 89.8. The Morgan fingerprint density at radius 2 is 1.67 bits per heavy atom. The lowest BCUT2D eigenvalue weighted by atomic mass is 10.1. The van der Waals surface area contributed by atoms with E-state index in [2.05, 4.69) is 17.5 Å². The molecule has 1 nitrogen and oxygen atoms in total. The van der Waals surface area contributed by atoms with Crippen molar-refractivity contribution in [1.29, 1.82) is 0 Å². The SMILES string of the molecule is C.SCCCCN1CCCCC1. The summed E-state index contributed by atoms with van der Waals surface area (Å²) < 4.78 is 0. The van der Waals surface area contributed by atoms with Gasteiger partial charge >= 0.3 is 0 Å². The highest BCUT2D eigenvalue weighted by Gasteiger charge is 2.08. The average molecular weight is 189 g/mol. The van der Waals surface area contributed by atoms with Crippen molar-refractivity contribution in [2.45, 2.75) is 39.5 Å². The number of rotatable bonds is 4. The van der Waals surface area contributed by atoms with E-state index in [9.17, 15) is 0 Å². The molecule has 0 saturated carbocycles. The van der Waals surface area contributed by atoms with E-state index < -0.39 is 0 Å². The van der Waals surface area contributed by atoms with Gasteiger partial charge in [0.1, 0.15) is 0 Å². The van der Waals surface area contributed by atoms with Crippen LogP contribution in [0.3, 0.4) is 0 Å². The van der Waals surface area contributed by atoms with Gasteiger partial charge in [-0.05, 0) is 51.1 Å². The van der Waals surface area contributed by atoms with Crippen LogP contribution in [0.1, 0.15) is 39.5 Å². The van der Waals surface area contributed by atoms with Crippen LogP contribution < -0.4 is 0 Å². The Morgan fingerprint density at radius 3 is 2.25 bits per heavy atom. The fourth-order valence-electron chi connectivity index (χ4n) is 1.63. The maximum atomic E-state index is 4.20. The Labute approximate surface area is 82.9 Å². The van der Waals surface area contributed by atoms with Crippen LogP contribution in [-0.2, 0) is 0 Å². The fraction of sp³-hybridized carbons (Fsp3) is 1.00. The predicted octanol–water partition coefficient (Wildman–Crippen LogP) is 2.82. The molecule has 2 heteroatoms. The zero-order chi connectivity index (χ0) is 7.94. The van der Waals surface area contributed by atoms with Crippen LogP contribution in [0.4, 0.5) is 0 Å². The third kappa shape index (κ3) is 5.04. The second-order valence-electron chi connectivity index (χ2n) is 3.33. The summed E-state index contributed by atoms with van der Waals surface area (Å²) in [7, 11) is 0. The van der Waals surface area contributed by atoms with Gasteiger partial charge in [-0.15, -0.1) is 0 Å². The van der Waals surface area contributed by atoms with E-state index in [0.29, 0.717) is 0 Å². The molecule has 0 aromatic rings. The van der Waals surface area contributed by atoms with Gasteiger partial charge in [0.05, 0.1) is 0 Å². The van der Waals surface area contributed by atoms with E-state index >= 15 is 0 Å². The van der Waals surface area contributed by atoms with Crippen molar-refractivity contribution in [3.8, 4) is 0 Å². The topological polar surface area (TPSA) is 3.24 Å². The first kappa shape index (κ1) is 12.3. The van der Waals surface area contributed by atoms with Crippen LogP contribution in [0.25, 0.3) is 0 Å². The standard InChI is InChI=1S/C9H19NS.CH4/c11-9-5-4-8-10-6-2-1-3-7-10;/h11H,1-9H2;1H4. The van der Waals surface area contributed by atoms with Crippen LogP contribution >= 0.6 is 12.6 Å². The van der Waals surface area contributed by atoms with Crippen molar-refractivity contribution in [2.24, 2.45) is 0 Å². The fourth-order valence-corrected chi connectivity index (χ4v) is 1.85. The molecule has 1 rings (SSSR count). The van der Waals surface area contributed by atoms with Gasteiger partial charge in [0, 0.05) is 0 Å².